The fourth-order valence-corrected chi connectivity index (χ4v) is 7.85. The summed E-state index contributed by atoms with van der Waals surface area (Å²) >= 11 is 0. The highest BCUT2D eigenvalue weighted by Gasteiger charge is 2.49. The number of amides is 1. The van der Waals surface area contributed by atoms with E-state index in [1.165, 1.54) is 23.7 Å². The van der Waals surface area contributed by atoms with E-state index in [0.717, 1.165) is 30.7 Å². The van der Waals surface area contributed by atoms with Crippen molar-refractivity contribution in [1.29, 1.82) is 0 Å². The zero-order valence-corrected chi connectivity index (χ0v) is 44.4. The van der Waals surface area contributed by atoms with Crippen molar-refractivity contribution in [2.75, 3.05) is 72.6 Å². The summed E-state index contributed by atoms with van der Waals surface area (Å²) in [6.45, 7) is 34.5. The SMILES string of the molecule is C1CC2C3CCC(C3)C2C1.C=C(C)C(=O)OCC.C=C(C)C(=O)OCC.C=CC(=O)OCC1(CC)COC(C(C)(C)COC(=O)C=C)OC1.C=CC(=O)OCCCC(=O)OCCOC(=O)NCCOC(=O)C=C. The lowest BCUT2D eigenvalue weighted by atomic mass is 9.82. The van der Waals surface area contributed by atoms with Crippen molar-refractivity contribution in [3.05, 3.63) is 74.9 Å². The van der Waals surface area contributed by atoms with Crippen LogP contribution in [0.5, 0.6) is 0 Å². The predicted octanol–water partition coefficient (Wildman–Crippen LogP) is 7.82. The zero-order valence-electron chi connectivity index (χ0n) is 44.4. The number of rotatable bonds is 24. The van der Waals surface area contributed by atoms with Gasteiger partial charge in [-0.25, -0.2) is 33.6 Å². The Bertz CT molecular complexity index is 1740. The summed E-state index contributed by atoms with van der Waals surface area (Å²) in [4.78, 5) is 87.2. The number of carbonyl (C=O) groups is 8. The first-order chi connectivity index (χ1) is 34.6. The molecule has 4 atom stereocenters. The molecule has 19 nitrogen and oxygen atoms in total. The molecule has 4 unspecified atom stereocenters. The molecule has 4 rings (SSSR count). The van der Waals surface area contributed by atoms with Gasteiger partial charge in [0.25, 0.3) is 0 Å². The van der Waals surface area contributed by atoms with Crippen molar-refractivity contribution in [3.63, 3.8) is 0 Å². The molecule has 3 aliphatic carbocycles. The van der Waals surface area contributed by atoms with E-state index < -0.39 is 47.6 Å². The largest absolute Gasteiger partial charge is 0.463 e. The van der Waals surface area contributed by atoms with Crippen LogP contribution < -0.4 is 5.32 Å². The van der Waals surface area contributed by atoms with E-state index in [1.807, 2.05) is 20.8 Å². The maximum absolute atomic E-state index is 11.3. The van der Waals surface area contributed by atoms with E-state index in [9.17, 15) is 38.4 Å². The molecule has 1 heterocycles. The lowest BCUT2D eigenvalue weighted by molar-refractivity contribution is -0.280. The number of ether oxygens (including phenoxy) is 10. The van der Waals surface area contributed by atoms with Crippen LogP contribution in [0.2, 0.25) is 0 Å². The number of hydrogen-bond acceptors (Lipinski definition) is 18. The molecule has 4 aliphatic rings. The molecule has 0 aromatic rings. The Balaban J connectivity index is 0.000000961. The van der Waals surface area contributed by atoms with Gasteiger partial charge < -0.3 is 52.7 Å². The van der Waals surface area contributed by atoms with Gasteiger partial charge in [0.05, 0.1) is 45.0 Å². The molecule has 3 saturated carbocycles. The second-order valence-electron chi connectivity index (χ2n) is 18.1. The predicted molar refractivity (Wildman–Crippen MR) is 271 cm³/mol. The minimum Gasteiger partial charge on any atom is -0.463 e. The van der Waals surface area contributed by atoms with Crippen molar-refractivity contribution in [1.82, 2.24) is 5.32 Å². The molecule has 0 aromatic carbocycles. The molecule has 2 bridgehead atoms. The summed E-state index contributed by atoms with van der Waals surface area (Å²) in [5.74, 6) is 1.60. The van der Waals surface area contributed by atoms with Crippen LogP contribution in [0.3, 0.4) is 0 Å². The number of esters is 7. The van der Waals surface area contributed by atoms with Crippen LogP contribution in [0, 0.1) is 34.5 Å². The molecule has 1 saturated heterocycles. The Labute approximate surface area is 432 Å². The van der Waals surface area contributed by atoms with Crippen molar-refractivity contribution >= 4 is 47.9 Å². The first-order valence-electron chi connectivity index (χ1n) is 24.7. The standard InChI is InChI=1S/C17H26O6.C15H21NO8.C10H16.2C6H10O2/c1-6-13(18)20-9-16(4,5)15-22-11-17(8-3,12-23-15)10-21-14(19)7-2;1-3-12(17)21-8-5-6-14(19)23-10-11-24-15(20)16-7-9-22-13(18)4-2;1-2-9-7-4-5-8(6-7)10(9)3-1;2*1-4-8-6(7)5(2)3/h6-7,15H,1-2,8-12H2,3-5H3;3-4H,1-2,5-11H2,(H,16,20);7-10H,1-6H2;2*2,4H2,1,3H3. The summed E-state index contributed by atoms with van der Waals surface area (Å²) in [6, 6.07) is 0. The number of hydrogen-bond donors (Lipinski definition) is 1. The van der Waals surface area contributed by atoms with E-state index in [0.29, 0.717) is 44.0 Å². The molecule has 1 N–H and O–H groups in total. The van der Waals surface area contributed by atoms with Crippen molar-refractivity contribution in [2.24, 2.45) is 34.5 Å². The number of fused-ring (bicyclic) bond motifs is 5. The van der Waals surface area contributed by atoms with Crippen molar-refractivity contribution in [2.45, 2.75) is 113 Å². The lowest BCUT2D eigenvalue weighted by Crippen LogP contribution is -2.50. The summed E-state index contributed by atoms with van der Waals surface area (Å²) in [6.07, 6.45) is 13.7. The van der Waals surface area contributed by atoms with Gasteiger partial charge in [-0.3, -0.25) is 4.79 Å². The highest BCUT2D eigenvalue weighted by atomic mass is 16.7. The lowest BCUT2D eigenvalue weighted by Gasteiger charge is -2.43. The Morgan fingerprint density at radius 3 is 1.53 bits per heavy atom. The number of nitrogens with one attached hydrogen (secondary N) is 1. The van der Waals surface area contributed by atoms with Gasteiger partial charge in [0.1, 0.15) is 33.0 Å². The van der Waals surface area contributed by atoms with Crippen molar-refractivity contribution < 1.29 is 85.7 Å². The Morgan fingerprint density at radius 2 is 1.08 bits per heavy atom. The Morgan fingerprint density at radius 1 is 0.616 bits per heavy atom. The Hall–Kier alpha value is -6.08. The van der Waals surface area contributed by atoms with Crippen molar-refractivity contribution in [3.8, 4) is 0 Å². The number of alkyl carbamates (subject to hydrolysis) is 1. The number of carbonyl (C=O) groups excluding carboxylic acids is 8. The molecule has 0 aromatic heterocycles. The van der Waals surface area contributed by atoms with E-state index in [2.05, 4.69) is 63.7 Å². The second kappa shape index (κ2) is 37.6. The Kier molecular flexibility index (Phi) is 34.5. The summed E-state index contributed by atoms with van der Waals surface area (Å²) in [7, 11) is 0. The van der Waals surface area contributed by atoms with E-state index in [-0.39, 0.29) is 70.0 Å². The summed E-state index contributed by atoms with van der Waals surface area (Å²) in [5.41, 5.74) is 0.0260. The van der Waals surface area contributed by atoms with Gasteiger partial charge in [-0.05, 0) is 96.3 Å². The third kappa shape index (κ3) is 28.7. The maximum Gasteiger partial charge on any atom is 0.407 e. The minimum atomic E-state index is -0.725. The van der Waals surface area contributed by atoms with E-state index in [4.69, 9.17) is 28.4 Å². The molecule has 4 fully saturated rings. The average Bonchev–Trinajstić information content (AvgIpc) is 4.15. The second-order valence-corrected chi connectivity index (χ2v) is 18.1. The van der Waals surface area contributed by atoms with Crippen LogP contribution in [-0.2, 0) is 80.9 Å². The van der Waals surface area contributed by atoms with Gasteiger partial charge in [-0.2, -0.15) is 0 Å². The molecule has 1 amide bonds. The fraction of sp³-hybridized carbons (Fsp3) is 0.630. The van der Waals surface area contributed by atoms with Crippen LogP contribution in [0.25, 0.3) is 0 Å². The third-order valence-corrected chi connectivity index (χ3v) is 11.8. The quantitative estimate of drug-likeness (QED) is 0.0419. The average molecular weight is 1030 g/mol. The molecule has 412 valence electrons. The molecule has 73 heavy (non-hydrogen) atoms. The highest BCUT2D eigenvalue weighted by Crippen LogP contribution is 2.58. The van der Waals surface area contributed by atoms with Crippen LogP contribution in [0.4, 0.5) is 4.79 Å². The van der Waals surface area contributed by atoms with Crippen LogP contribution >= 0.6 is 0 Å². The van der Waals surface area contributed by atoms with Gasteiger partial charge >= 0.3 is 47.9 Å². The molecular weight excluding hydrogens is 951 g/mol. The molecule has 0 spiro atoms. The third-order valence-electron chi connectivity index (χ3n) is 11.8. The maximum atomic E-state index is 11.3. The van der Waals surface area contributed by atoms with Gasteiger partial charge in [-0.1, -0.05) is 66.7 Å². The first-order valence-corrected chi connectivity index (χ1v) is 24.7. The zero-order chi connectivity index (χ0) is 55.4. The summed E-state index contributed by atoms with van der Waals surface area (Å²) < 4.78 is 49.9. The summed E-state index contributed by atoms with van der Waals surface area (Å²) in [5, 5.41) is 2.34. The van der Waals surface area contributed by atoms with E-state index in [1.54, 1.807) is 66.2 Å². The monoisotopic (exact) mass is 1030 g/mol. The van der Waals surface area contributed by atoms with E-state index >= 15 is 0 Å². The topological polar surface area (TPSA) is 241 Å². The fourth-order valence-electron chi connectivity index (χ4n) is 7.85. The van der Waals surface area contributed by atoms with Gasteiger partial charge in [0.2, 0.25) is 0 Å². The molecular formula is C54H83NO18. The molecule has 1 aliphatic heterocycles. The minimum absolute atomic E-state index is 0.00856. The van der Waals surface area contributed by atoms with Gasteiger partial charge in [0.15, 0.2) is 6.29 Å². The van der Waals surface area contributed by atoms with Crippen LogP contribution in [0.1, 0.15) is 106 Å². The van der Waals surface area contributed by atoms with Crippen LogP contribution in [0.15, 0.2) is 74.9 Å². The smallest absolute Gasteiger partial charge is 0.407 e. The van der Waals surface area contributed by atoms with Gasteiger partial charge in [0, 0.05) is 47.3 Å². The molecule has 0 radical (unpaired) electrons. The normalized spacial score (nSPS) is 20.5. The first kappa shape index (κ1) is 66.9. The highest BCUT2D eigenvalue weighted by molar-refractivity contribution is 5.87. The molecule has 19 heteroatoms. The van der Waals surface area contributed by atoms with Crippen LogP contribution in [-0.4, -0.2) is 127 Å². The van der Waals surface area contributed by atoms with Gasteiger partial charge in [-0.15, -0.1) is 0 Å².